The van der Waals surface area contributed by atoms with Gasteiger partial charge in [-0.25, -0.2) is 31.1 Å². The van der Waals surface area contributed by atoms with Crippen LogP contribution in [-0.2, 0) is 35.6 Å². The van der Waals surface area contributed by atoms with E-state index in [0.717, 1.165) is 15.4 Å². The summed E-state index contributed by atoms with van der Waals surface area (Å²) in [7, 11) is -6.31. The van der Waals surface area contributed by atoms with Crippen molar-refractivity contribution in [2.75, 3.05) is 22.9 Å². The van der Waals surface area contributed by atoms with Crippen LogP contribution in [0.2, 0.25) is 20.1 Å². The number of nitrogens with one attached hydrogen (secondary N) is 1. The van der Waals surface area contributed by atoms with E-state index in [0.29, 0.717) is 29.3 Å². The Hall–Kier alpha value is -1.68. The van der Waals surface area contributed by atoms with Gasteiger partial charge in [-0.1, -0.05) is 87.9 Å². The summed E-state index contributed by atoms with van der Waals surface area (Å²) in [6.45, 7) is 11.6. The number of hydrogen-bond donors (Lipinski definition) is 1. The number of aromatic nitrogens is 2. The monoisotopic (exact) mass is 916 g/mol. The summed E-state index contributed by atoms with van der Waals surface area (Å²) in [5.74, 6) is 0. The summed E-state index contributed by atoms with van der Waals surface area (Å²) >= 11 is 30.8. The highest BCUT2D eigenvalue weighted by Crippen LogP contribution is 2.36. The van der Waals surface area contributed by atoms with E-state index in [1.807, 2.05) is 41.5 Å². The Morgan fingerprint density at radius 3 is 1.71 bits per heavy atom. The van der Waals surface area contributed by atoms with Gasteiger partial charge in [-0.05, 0) is 102 Å². The molecule has 0 saturated carbocycles. The number of hydrogen-bond acceptors (Lipinski definition) is 7. The first kappa shape index (κ1) is 41.7. The van der Waals surface area contributed by atoms with Crippen LogP contribution in [0.1, 0.15) is 52.7 Å². The number of methoxy groups -OCH3 is 1. The first-order chi connectivity index (χ1) is 22.5. The summed E-state index contributed by atoms with van der Waals surface area (Å²) < 4.78 is 61.2. The SMILES string of the molecule is CC(C)(C)c1cc(S(=O)(=O)Nc2cc(Cl)cnc2Br)ccc1Cl.COCN(c1cc(Cl)cnc1Br)S(=O)(=O)c1ccc(Cl)c(C(C)(C)C)c1. The Labute approximate surface area is 325 Å². The molecule has 0 bridgehead atoms. The quantitative estimate of drug-likeness (QED) is 0.138. The third-order valence-electron chi connectivity index (χ3n) is 6.74. The molecule has 0 saturated heterocycles. The lowest BCUT2D eigenvalue weighted by atomic mass is 9.87. The zero-order valence-corrected chi connectivity index (χ0v) is 35.3. The fourth-order valence-corrected chi connectivity index (χ4v) is 8.88. The fourth-order valence-electron chi connectivity index (χ4n) is 4.28. The lowest BCUT2D eigenvalue weighted by Crippen LogP contribution is -2.33. The summed E-state index contributed by atoms with van der Waals surface area (Å²) in [6, 6.07) is 12.3. The second kappa shape index (κ2) is 16.3. The van der Waals surface area contributed by atoms with Gasteiger partial charge < -0.3 is 4.74 Å². The minimum atomic E-state index is -3.93. The van der Waals surface area contributed by atoms with Gasteiger partial charge >= 0.3 is 0 Å². The molecule has 2 aromatic carbocycles. The predicted molar refractivity (Wildman–Crippen MR) is 207 cm³/mol. The third kappa shape index (κ3) is 10.7. The Kier molecular flexibility index (Phi) is 13.9. The Bertz CT molecular complexity index is 2060. The van der Waals surface area contributed by atoms with E-state index in [4.69, 9.17) is 51.1 Å². The molecule has 0 fully saturated rings. The van der Waals surface area contributed by atoms with Gasteiger partial charge in [0.25, 0.3) is 20.0 Å². The third-order valence-corrected chi connectivity index (χ3v) is 12.2. The van der Waals surface area contributed by atoms with Crippen molar-refractivity contribution in [2.24, 2.45) is 0 Å². The van der Waals surface area contributed by atoms with E-state index < -0.39 is 20.0 Å². The fraction of sp³-hybridized carbons (Fsp3) is 0.312. The first-order valence-corrected chi connectivity index (χ1v) is 20.3. The highest BCUT2D eigenvalue weighted by atomic mass is 79.9. The molecule has 0 amide bonds. The molecule has 4 rings (SSSR count). The second-order valence-corrected chi connectivity index (χ2v) is 19.3. The maximum Gasteiger partial charge on any atom is 0.266 e. The number of anilines is 2. The summed E-state index contributed by atoms with van der Waals surface area (Å²) in [5.41, 5.74) is 1.45. The van der Waals surface area contributed by atoms with Crippen molar-refractivity contribution in [1.82, 2.24) is 9.97 Å². The molecule has 0 radical (unpaired) electrons. The van der Waals surface area contributed by atoms with Crippen LogP contribution in [0.3, 0.4) is 0 Å². The van der Waals surface area contributed by atoms with Gasteiger partial charge in [-0.15, -0.1) is 0 Å². The Balaban J connectivity index is 0.000000267. The van der Waals surface area contributed by atoms with Crippen LogP contribution in [0.25, 0.3) is 0 Å². The van der Waals surface area contributed by atoms with Crippen molar-refractivity contribution in [2.45, 2.75) is 62.2 Å². The molecule has 49 heavy (non-hydrogen) atoms. The molecule has 266 valence electrons. The van der Waals surface area contributed by atoms with Gasteiger partial charge in [-0.2, -0.15) is 0 Å². The number of ether oxygens (including phenoxy) is 1. The predicted octanol–water partition coefficient (Wildman–Crippen LogP) is 10.5. The lowest BCUT2D eigenvalue weighted by molar-refractivity contribution is 0.209. The normalized spacial score (nSPS) is 12.3. The van der Waals surface area contributed by atoms with Crippen molar-refractivity contribution in [3.63, 3.8) is 0 Å². The van der Waals surface area contributed by atoms with Crippen LogP contribution in [0.15, 0.2) is 79.9 Å². The highest BCUT2D eigenvalue weighted by Gasteiger charge is 2.30. The van der Waals surface area contributed by atoms with E-state index in [1.165, 1.54) is 43.8 Å². The van der Waals surface area contributed by atoms with Crippen molar-refractivity contribution in [1.29, 1.82) is 0 Å². The lowest BCUT2D eigenvalue weighted by Gasteiger charge is -2.26. The molecule has 2 heterocycles. The average molecular weight is 920 g/mol. The number of sulfonamides is 2. The molecule has 4 aromatic rings. The minimum absolute atomic E-state index is 0.107. The number of rotatable bonds is 8. The first-order valence-electron chi connectivity index (χ1n) is 14.3. The zero-order valence-electron chi connectivity index (χ0n) is 27.4. The maximum absolute atomic E-state index is 13.3. The van der Waals surface area contributed by atoms with Gasteiger partial charge in [-0.3, -0.25) is 4.72 Å². The van der Waals surface area contributed by atoms with Crippen LogP contribution in [0, 0.1) is 0 Å². The van der Waals surface area contributed by atoms with Crippen LogP contribution in [-0.4, -0.2) is 40.6 Å². The van der Waals surface area contributed by atoms with Crippen molar-refractivity contribution in [3.8, 4) is 0 Å². The van der Waals surface area contributed by atoms with Crippen LogP contribution >= 0.6 is 78.3 Å². The van der Waals surface area contributed by atoms with E-state index in [9.17, 15) is 16.8 Å². The summed E-state index contributed by atoms with van der Waals surface area (Å²) in [4.78, 5) is 8.26. The van der Waals surface area contributed by atoms with Crippen molar-refractivity contribution >= 4 is 110 Å². The van der Waals surface area contributed by atoms with Gasteiger partial charge in [0.05, 0.1) is 31.2 Å². The summed E-state index contributed by atoms with van der Waals surface area (Å²) in [6.07, 6.45) is 2.84. The number of nitrogens with zero attached hydrogens (tertiary/aromatic N) is 3. The Morgan fingerprint density at radius 2 is 1.20 bits per heavy atom. The molecule has 1 N–H and O–H groups in total. The van der Waals surface area contributed by atoms with E-state index in [-0.39, 0.29) is 38.7 Å². The van der Waals surface area contributed by atoms with Gasteiger partial charge in [0.1, 0.15) is 15.9 Å². The molecule has 0 aliphatic heterocycles. The summed E-state index contributed by atoms with van der Waals surface area (Å²) in [5, 5.41) is 1.69. The molecule has 0 unspecified atom stereocenters. The van der Waals surface area contributed by atoms with Crippen molar-refractivity contribution in [3.05, 3.63) is 101 Å². The molecule has 0 atom stereocenters. The van der Waals surface area contributed by atoms with E-state index in [1.54, 1.807) is 24.3 Å². The molecule has 0 spiro atoms. The smallest absolute Gasteiger partial charge is 0.266 e. The van der Waals surface area contributed by atoms with Crippen LogP contribution in [0.5, 0.6) is 0 Å². The number of pyridine rings is 2. The van der Waals surface area contributed by atoms with E-state index >= 15 is 0 Å². The number of halogens is 6. The molecule has 0 aliphatic carbocycles. The maximum atomic E-state index is 13.3. The molecule has 2 aromatic heterocycles. The molecule has 9 nitrogen and oxygen atoms in total. The largest absolute Gasteiger partial charge is 0.363 e. The van der Waals surface area contributed by atoms with Crippen LogP contribution < -0.4 is 9.03 Å². The molecular formula is C32H34Br2Cl4N4O5S2. The standard InChI is InChI=1S/C17H19BrCl2N2O3S.C15H15BrCl2N2O2S/c1-17(2,3)13-8-12(5-6-14(13)20)26(23,24)22(10-25-4)15-7-11(19)9-21-16(15)18;1-15(2,3)11-7-10(4-5-12(11)18)23(21,22)20-13-6-9(17)8-19-14(13)16/h5-9H,10H2,1-4H3;4-8,20H,1-3H3. The van der Waals surface area contributed by atoms with Gasteiger partial charge in [0.2, 0.25) is 0 Å². The van der Waals surface area contributed by atoms with E-state index in [2.05, 4.69) is 46.5 Å². The topological polar surface area (TPSA) is 119 Å². The Morgan fingerprint density at radius 1 is 0.735 bits per heavy atom. The molecule has 17 heteroatoms. The second-order valence-electron chi connectivity index (χ2n) is 12.6. The van der Waals surface area contributed by atoms with Gasteiger partial charge in [0.15, 0.2) is 0 Å². The van der Waals surface area contributed by atoms with Crippen LogP contribution in [0.4, 0.5) is 11.4 Å². The molecular weight excluding hydrogens is 886 g/mol. The zero-order chi connectivity index (χ0) is 37.1. The minimum Gasteiger partial charge on any atom is -0.363 e. The highest BCUT2D eigenvalue weighted by molar-refractivity contribution is 9.10. The molecule has 0 aliphatic rings. The van der Waals surface area contributed by atoms with Crippen molar-refractivity contribution < 1.29 is 21.6 Å². The van der Waals surface area contributed by atoms with Gasteiger partial charge in [0, 0.05) is 29.5 Å². The average Bonchev–Trinajstić information content (AvgIpc) is 2.98. The number of benzene rings is 2.